The van der Waals surface area contributed by atoms with Gasteiger partial charge in [-0.1, -0.05) is 0 Å². The van der Waals surface area contributed by atoms with Gasteiger partial charge in [-0.2, -0.15) is 0 Å². The molecule has 0 radical (unpaired) electrons. The van der Waals surface area contributed by atoms with E-state index in [0.717, 1.165) is 12.1 Å². The Morgan fingerprint density at radius 3 is 2.20 bits per heavy atom. The number of likely N-dealkylation sites (tertiary alicyclic amines) is 1. The average Bonchev–Trinajstić information content (AvgIpc) is 2.74. The number of hydrogen-bond acceptors (Lipinski definition) is 4. The number of nitrogens with zero attached hydrogens (tertiary/aromatic N) is 1. The van der Waals surface area contributed by atoms with Crippen LogP contribution in [0.3, 0.4) is 0 Å². The van der Waals surface area contributed by atoms with Crippen LogP contribution in [0.25, 0.3) is 0 Å². The van der Waals surface area contributed by atoms with Crippen molar-refractivity contribution in [2.24, 2.45) is 5.92 Å². The van der Waals surface area contributed by atoms with Gasteiger partial charge in [0, 0.05) is 36.8 Å². The van der Waals surface area contributed by atoms with E-state index < -0.39 is 15.8 Å². The third-order valence-corrected chi connectivity index (χ3v) is 6.41. The minimum Gasteiger partial charge on any atom is -0.356 e. The Balaban J connectivity index is 1.61. The molecule has 2 amide bonds. The molecule has 0 unspecified atom stereocenters. The summed E-state index contributed by atoms with van der Waals surface area (Å²) in [5.41, 5.74) is 0.738. The summed E-state index contributed by atoms with van der Waals surface area (Å²) in [6.45, 7) is 3.47. The van der Waals surface area contributed by atoms with Crippen LogP contribution in [0.15, 0.2) is 53.4 Å². The molecule has 9 heteroatoms. The normalized spacial score (nSPS) is 14.9. The number of piperidine rings is 1. The molecule has 2 aromatic carbocycles. The fourth-order valence-electron chi connectivity index (χ4n) is 3.35. The maximum absolute atomic E-state index is 13.0. The van der Waals surface area contributed by atoms with Gasteiger partial charge in [-0.25, -0.2) is 12.8 Å². The van der Waals surface area contributed by atoms with Gasteiger partial charge >= 0.3 is 0 Å². The second-order valence-corrected chi connectivity index (χ2v) is 8.78. The van der Waals surface area contributed by atoms with Crippen molar-refractivity contribution in [3.63, 3.8) is 0 Å². The summed E-state index contributed by atoms with van der Waals surface area (Å²) in [5, 5.41) is 2.81. The first-order valence-corrected chi connectivity index (χ1v) is 11.2. The van der Waals surface area contributed by atoms with Crippen molar-refractivity contribution < 1.29 is 22.4 Å². The van der Waals surface area contributed by atoms with Crippen LogP contribution in [0.2, 0.25) is 0 Å². The molecule has 1 saturated heterocycles. The second kappa shape index (κ2) is 9.25. The van der Waals surface area contributed by atoms with Gasteiger partial charge in [0.15, 0.2) is 0 Å². The van der Waals surface area contributed by atoms with E-state index in [0.29, 0.717) is 43.7 Å². The van der Waals surface area contributed by atoms with Crippen LogP contribution in [0.4, 0.5) is 10.1 Å². The minimum absolute atomic E-state index is 0.0300. The number of carbonyl (C=O) groups excluding carboxylic acids is 2. The molecule has 1 heterocycles. The number of rotatable bonds is 6. The molecule has 0 bridgehead atoms. The lowest BCUT2D eigenvalue weighted by atomic mass is 9.95. The first kappa shape index (κ1) is 21.8. The van der Waals surface area contributed by atoms with Crippen molar-refractivity contribution in [1.29, 1.82) is 0 Å². The van der Waals surface area contributed by atoms with E-state index in [1.165, 1.54) is 24.3 Å². The van der Waals surface area contributed by atoms with Gasteiger partial charge in [0.2, 0.25) is 5.91 Å². The molecule has 2 N–H and O–H groups in total. The first-order chi connectivity index (χ1) is 14.3. The Morgan fingerprint density at radius 1 is 1.03 bits per heavy atom. The first-order valence-electron chi connectivity index (χ1n) is 9.75. The van der Waals surface area contributed by atoms with Gasteiger partial charge in [0.05, 0.1) is 4.90 Å². The van der Waals surface area contributed by atoms with Gasteiger partial charge in [0.25, 0.3) is 15.9 Å². The third-order valence-electron chi connectivity index (χ3n) is 5.01. The molecule has 160 valence electrons. The summed E-state index contributed by atoms with van der Waals surface area (Å²) >= 11 is 0. The van der Waals surface area contributed by atoms with Crippen LogP contribution in [-0.4, -0.2) is 44.8 Å². The lowest BCUT2D eigenvalue weighted by Gasteiger charge is -2.31. The van der Waals surface area contributed by atoms with Crippen molar-refractivity contribution in [3.05, 3.63) is 59.9 Å². The predicted octanol–water partition coefficient (Wildman–Crippen LogP) is 2.61. The summed E-state index contributed by atoms with van der Waals surface area (Å²) in [5.74, 6) is -0.719. The summed E-state index contributed by atoms with van der Waals surface area (Å²) < 4.78 is 40.2. The molecular formula is C21H24FN3O4S. The SMILES string of the molecule is CCNC(=O)C1CCN(C(=O)c2ccc(NS(=O)(=O)c3ccc(F)cc3)cc2)CC1. The number of sulfonamides is 1. The zero-order valence-corrected chi connectivity index (χ0v) is 17.4. The van der Waals surface area contributed by atoms with Crippen molar-refractivity contribution in [1.82, 2.24) is 10.2 Å². The summed E-state index contributed by atoms with van der Waals surface area (Å²) in [4.78, 5) is 26.3. The van der Waals surface area contributed by atoms with Gasteiger partial charge in [0.1, 0.15) is 5.82 Å². The zero-order chi connectivity index (χ0) is 21.7. The van der Waals surface area contributed by atoms with Crippen LogP contribution >= 0.6 is 0 Å². The molecule has 3 rings (SSSR count). The van der Waals surface area contributed by atoms with Crippen LogP contribution in [0.1, 0.15) is 30.1 Å². The van der Waals surface area contributed by atoms with Crippen LogP contribution in [-0.2, 0) is 14.8 Å². The number of nitrogens with one attached hydrogen (secondary N) is 2. The molecule has 0 spiro atoms. The van der Waals surface area contributed by atoms with Crippen molar-refractivity contribution >= 4 is 27.5 Å². The standard InChI is InChI=1S/C21H24FN3O4S/c1-2-23-20(26)15-11-13-25(14-12-15)21(27)16-3-7-18(8-4-16)24-30(28,29)19-9-5-17(22)6-10-19/h3-10,15,24H,2,11-14H2,1H3,(H,23,26). The highest BCUT2D eigenvalue weighted by Gasteiger charge is 2.27. The lowest BCUT2D eigenvalue weighted by molar-refractivity contribution is -0.126. The highest BCUT2D eigenvalue weighted by molar-refractivity contribution is 7.92. The number of hydrogen-bond donors (Lipinski definition) is 2. The van der Waals surface area contributed by atoms with E-state index in [9.17, 15) is 22.4 Å². The van der Waals surface area contributed by atoms with E-state index in [2.05, 4.69) is 10.0 Å². The average molecular weight is 434 g/mol. The number of benzene rings is 2. The van der Waals surface area contributed by atoms with Crippen molar-refractivity contribution in [3.8, 4) is 0 Å². The van der Waals surface area contributed by atoms with E-state index >= 15 is 0 Å². The van der Waals surface area contributed by atoms with E-state index in [4.69, 9.17) is 0 Å². The minimum atomic E-state index is -3.85. The Bertz CT molecular complexity index is 1000. The maximum Gasteiger partial charge on any atom is 0.261 e. The van der Waals surface area contributed by atoms with E-state index in [1.807, 2.05) is 6.92 Å². The number of amides is 2. The molecule has 1 aliphatic heterocycles. The Labute approximate surface area is 175 Å². The molecule has 0 saturated carbocycles. The lowest BCUT2D eigenvalue weighted by Crippen LogP contribution is -2.43. The molecule has 0 aliphatic carbocycles. The topological polar surface area (TPSA) is 95.6 Å². The van der Waals surface area contributed by atoms with E-state index in [1.54, 1.807) is 17.0 Å². The summed E-state index contributed by atoms with van der Waals surface area (Å²) in [6.07, 6.45) is 1.24. The molecule has 0 atom stereocenters. The number of halogens is 1. The number of carbonyl (C=O) groups is 2. The fourth-order valence-corrected chi connectivity index (χ4v) is 4.41. The molecular weight excluding hydrogens is 409 g/mol. The van der Waals surface area contributed by atoms with Crippen molar-refractivity contribution in [2.45, 2.75) is 24.7 Å². The Morgan fingerprint density at radius 2 is 1.63 bits per heavy atom. The largest absolute Gasteiger partial charge is 0.356 e. The van der Waals surface area contributed by atoms with Crippen LogP contribution in [0, 0.1) is 11.7 Å². The molecule has 30 heavy (non-hydrogen) atoms. The van der Waals surface area contributed by atoms with Crippen LogP contribution in [0.5, 0.6) is 0 Å². The zero-order valence-electron chi connectivity index (χ0n) is 16.6. The van der Waals surface area contributed by atoms with E-state index in [-0.39, 0.29) is 22.6 Å². The fraction of sp³-hybridized carbons (Fsp3) is 0.333. The Kier molecular flexibility index (Phi) is 6.71. The van der Waals surface area contributed by atoms with Crippen LogP contribution < -0.4 is 10.0 Å². The number of anilines is 1. The molecule has 1 fully saturated rings. The van der Waals surface area contributed by atoms with Gasteiger partial charge in [-0.05, 0) is 68.3 Å². The summed E-state index contributed by atoms with van der Waals surface area (Å²) in [7, 11) is -3.85. The highest BCUT2D eigenvalue weighted by atomic mass is 32.2. The third kappa shape index (κ3) is 5.15. The smallest absolute Gasteiger partial charge is 0.261 e. The molecule has 2 aromatic rings. The predicted molar refractivity (Wildman–Crippen MR) is 111 cm³/mol. The van der Waals surface area contributed by atoms with Gasteiger partial charge in [-0.15, -0.1) is 0 Å². The quantitative estimate of drug-likeness (QED) is 0.732. The van der Waals surface area contributed by atoms with Crippen molar-refractivity contribution in [2.75, 3.05) is 24.4 Å². The summed E-state index contributed by atoms with van der Waals surface area (Å²) in [6, 6.07) is 10.6. The highest BCUT2D eigenvalue weighted by Crippen LogP contribution is 2.21. The molecule has 1 aliphatic rings. The maximum atomic E-state index is 13.0. The van der Waals surface area contributed by atoms with Gasteiger partial charge < -0.3 is 10.2 Å². The second-order valence-electron chi connectivity index (χ2n) is 7.10. The molecule has 7 nitrogen and oxygen atoms in total. The Hall–Kier alpha value is -2.94. The van der Waals surface area contributed by atoms with Gasteiger partial charge in [-0.3, -0.25) is 14.3 Å². The molecule has 0 aromatic heterocycles. The monoisotopic (exact) mass is 433 g/mol.